The first-order valence-electron chi connectivity index (χ1n) is 8.60. The zero-order valence-electron chi connectivity index (χ0n) is 14.2. The Morgan fingerprint density at radius 2 is 2.21 bits per heavy atom. The van der Waals surface area contributed by atoms with E-state index in [1.54, 1.807) is 6.20 Å². The van der Waals surface area contributed by atoms with Crippen LogP contribution in [0.4, 0.5) is 10.6 Å². The molecule has 2 aliphatic heterocycles. The molecule has 0 radical (unpaired) electrons. The fourth-order valence-electron chi connectivity index (χ4n) is 3.32. The number of hydrogen-bond acceptors (Lipinski definition) is 5. The summed E-state index contributed by atoms with van der Waals surface area (Å²) in [6.07, 6.45) is 2.72. The zero-order valence-corrected chi connectivity index (χ0v) is 14.2. The lowest BCUT2D eigenvalue weighted by molar-refractivity contribution is 0.00222. The number of nitrogens with one attached hydrogen (secondary N) is 2. The van der Waals surface area contributed by atoms with Gasteiger partial charge < -0.3 is 14.8 Å². The number of anilines is 1. The predicted molar refractivity (Wildman–Crippen MR) is 91.1 cm³/mol. The van der Waals surface area contributed by atoms with Crippen LogP contribution in [0.3, 0.4) is 0 Å². The minimum Gasteiger partial charge on any atom is -0.381 e. The molecule has 2 saturated heterocycles. The van der Waals surface area contributed by atoms with E-state index < -0.39 is 0 Å². The minimum absolute atomic E-state index is 0.214. The second-order valence-corrected chi connectivity index (χ2v) is 6.34. The van der Waals surface area contributed by atoms with Crippen molar-refractivity contribution in [3.63, 3.8) is 0 Å². The van der Waals surface area contributed by atoms with E-state index in [4.69, 9.17) is 9.47 Å². The number of carbonyl (C=O) groups excluding carboxylic acids is 1. The van der Waals surface area contributed by atoms with Crippen molar-refractivity contribution < 1.29 is 14.3 Å². The van der Waals surface area contributed by atoms with E-state index in [0.29, 0.717) is 18.3 Å². The summed E-state index contributed by atoms with van der Waals surface area (Å²) in [6.45, 7) is 7.43. The molecule has 2 atom stereocenters. The first-order valence-corrected chi connectivity index (χ1v) is 8.60. The Balaban J connectivity index is 1.56. The summed E-state index contributed by atoms with van der Waals surface area (Å²) >= 11 is 0. The van der Waals surface area contributed by atoms with Crippen LogP contribution >= 0.6 is 0 Å². The van der Waals surface area contributed by atoms with Crippen molar-refractivity contribution in [2.45, 2.75) is 19.4 Å². The topological polar surface area (TPSA) is 75.7 Å². The third kappa shape index (κ3) is 4.43. The predicted octanol–water partition coefficient (Wildman–Crippen LogP) is 1.25. The third-order valence-electron chi connectivity index (χ3n) is 4.74. The summed E-state index contributed by atoms with van der Waals surface area (Å²) in [5, 5.41) is 5.83. The smallest absolute Gasteiger partial charge is 0.320 e. The van der Waals surface area contributed by atoms with Crippen molar-refractivity contribution in [2.24, 2.45) is 5.92 Å². The van der Waals surface area contributed by atoms with Gasteiger partial charge in [0.15, 0.2) is 0 Å². The average Bonchev–Trinajstić information content (AvgIpc) is 3.12. The van der Waals surface area contributed by atoms with Gasteiger partial charge in [0.05, 0.1) is 19.8 Å². The van der Waals surface area contributed by atoms with Crippen LogP contribution in [0.1, 0.15) is 12.0 Å². The molecular formula is C17H26N4O3. The summed E-state index contributed by atoms with van der Waals surface area (Å²) in [5.74, 6) is 1.06. The van der Waals surface area contributed by atoms with Gasteiger partial charge in [-0.3, -0.25) is 10.2 Å². The number of pyridine rings is 1. The number of carbonyl (C=O) groups is 1. The maximum absolute atomic E-state index is 12.2. The highest BCUT2D eigenvalue weighted by Crippen LogP contribution is 2.22. The highest BCUT2D eigenvalue weighted by molar-refractivity contribution is 5.88. The molecular weight excluding hydrogens is 308 g/mol. The number of nitrogens with zero attached hydrogens (tertiary/aromatic N) is 2. The van der Waals surface area contributed by atoms with Gasteiger partial charge in [-0.15, -0.1) is 0 Å². The van der Waals surface area contributed by atoms with Gasteiger partial charge in [0, 0.05) is 44.4 Å². The molecule has 0 aliphatic carbocycles. The summed E-state index contributed by atoms with van der Waals surface area (Å²) in [7, 11) is 0. The second-order valence-electron chi connectivity index (χ2n) is 6.34. The van der Waals surface area contributed by atoms with Crippen LogP contribution in [-0.2, 0) is 9.47 Å². The van der Waals surface area contributed by atoms with Crippen LogP contribution in [-0.4, -0.2) is 68.0 Å². The highest BCUT2D eigenvalue weighted by Gasteiger charge is 2.31. The van der Waals surface area contributed by atoms with Crippen LogP contribution < -0.4 is 10.6 Å². The molecule has 2 aliphatic rings. The number of aromatic nitrogens is 1. The van der Waals surface area contributed by atoms with Crippen molar-refractivity contribution >= 4 is 11.8 Å². The molecule has 2 amide bonds. The number of hydrogen-bond donors (Lipinski definition) is 2. The van der Waals surface area contributed by atoms with Crippen molar-refractivity contribution in [1.29, 1.82) is 0 Å². The van der Waals surface area contributed by atoms with E-state index >= 15 is 0 Å². The highest BCUT2D eigenvalue weighted by atomic mass is 16.5. The summed E-state index contributed by atoms with van der Waals surface area (Å²) in [5.41, 5.74) is 0.946. The molecule has 0 unspecified atom stereocenters. The first kappa shape index (κ1) is 17.1. The minimum atomic E-state index is -0.214. The fourth-order valence-corrected chi connectivity index (χ4v) is 3.32. The monoisotopic (exact) mass is 334 g/mol. The lowest BCUT2D eigenvalue weighted by Crippen LogP contribution is -2.52. The largest absolute Gasteiger partial charge is 0.381 e. The Morgan fingerprint density at radius 3 is 2.92 bits per heavy atom. The van der Waals surface area contributed by atoms with Gasteiger partial charge in [0.1, 0.15) is 5.82 Å². The summed E-state index contributed by atoms with van der Waals surface area (Å²) in [6, 6.07) is 3.85. The Kier molecular flexibility index (Phi) is 6.01. The van der Waals surface area contributed by atoms with E-state index in [1.807, 2.05) is 19.1 Å². The zero-order chi connectivity index (χ0) is 16.8. The molecule has 7 nitrogen and oxygen atoms in total. The van der Waals surface area contributed by atoms with Crippen LogP contribution in [0, 0.1) is 12.8 Å². The standard InChI is InChI=1S/C17H26N4O3/c1-13-3-2-5-18-16(13)20-17(22)19-11-15(14-4-8-24-12-14)21-6-9-23-10-7-21/h2-3,5,14-15H,4,6-12H2,1H3,(H2,18,19,20,22)/t14-,15-/m1/s1. The molecule has 2 N–H and O–H groups in total. The van der Waals surface area contributed by atoms with Gasteiger partial charge in [-0.25, -0.2) is 9.78 Å². The molecule has 0 bridgehead atoms. The first-order chi connectivity index (χ1) is 11.7. The maximum Gasteiger partial charge on any atom is 0.320 e. The molecule has 0 saturated carbocycles. The maximum atomic E-state index is 12.2. The molecule has 1 aromatic rings. The SMILES string of the molecule is Cc1cccnc1NC(=O)NC[C@H]([C@@H]1CCOC1)N1CCOCC1. The van der Waals surface area contributed by atoms with Gasteiger partial charge in [-0.1, -0.05) is 6.07 Å². The van der Waals surface area contributed by atoms with Gasteiger partial charge in [-0.2, -0.15) is 0 Å². The van der Waals surface area contributed by atoms with Crippen molar-refractivity contribution in [3.05, 3.63) is 23.9 Å². The van der Waals surface area contributed by atoms with E-state index in [1.165, 1.54) is 0 Å². The van der Waals surface area contributed by atoms with E-state index in [2.05, 4.69) is 20.5 Å². The Hall–Kier alpha value is -1.70. The van der Waals surface area contributed by atoms with Gasteiger partial charge >= 0.3 is 6.03 Å². The molecule has 1 aromatic heterocycles. The molecule has 24 heavy (non-hydrogen) atoms. The number of aryl methyl sites for hydroxylation is 1. The quantitative estimate of drug-likeness (QED) is 0.848. The third-order valence-corrected chi connectivity index (χ3v) is 4.74. The Bertz CT molecular complexity index is 542. The molecule has 3 heterocycles. The number of ether oxygens (including phenoxy) is 2. The lowest BCUT2D eigenvalue weighted by atomic mass is 9.97. The summed E-state index contributed by atoms with van der Waals surface area (Å²) < 4.78 is 11.0. The van der Waals surface area contributed by atoms with Crippen LogP contribution in [0.25, 0.3) is 0 Å². The molecule has 2 fully saturated rings. The second kappa shape index (κ2) is 8.41. The van der Waals surface area contributed by atoms with E-state index in [-0.39, 0.29) is 12.1 Å². The number of morpholine rings is 1. The molecule has 132 valence electrons. The Morgan fingerprint density at radius 1 is 1.38 bits per heavy atom. The fraction of sp³-hybridized carbons (Fsp3) is 0.647. The Labute approximate surface area is 142 Å². The number of urea groups is 1. The van der Waals surface area contributed by atoms with Crippen molar-refractivity contribution in [3.8, 4) is 0 Å². The normalized spacial score (nSPS) is 23.0. The molecule has 0 aromatic carbocycles. The lowest BCUT2D eigenvalue weighted by Gasteiger charge is -2.37. The molecule has 3 rings (SSSR count). The number of rotatable bonds is 5. The van der Waals surface area contributed by atoms with Crippen molar-refractivity contribution in [1.82, 2.24) is 15.2 Å². The van der Waals surface area contributed by atoms with Crippen LogP contribution in [0.2, 0.25) is 0 Å². The number of amides is 2. The molecule has 0 spiro atoms. The van der Waals surface area contributed by atoms with Crippen LogP contribution in [0.5, 0.6) is 0 Å². The van der Waals surface area contributed by atoms with E-state index in [9.17, 15) is 4.79 Å². The van der Waals surface area contributed by atoms with E-state index in [0.717, 1.165) is 51.5 Å². The molecule has 7 heteroatoms. The van der Waals surface area contributed by atoms with Crippen molar-refractivity contribution in [2.75, 3.05) is 51.4 Å². The van der Waals surface area contributed by atoms with Gasteiger partial charge in [0.2, 0.25) is 0 Å². The van der Waals surface area contributed by atoms with Gasteiger partial charge in [-0.05, 0) is 25.0 Å². The van der Waals surface area contributed by atoms with Gasteiger partial charge in [0.25, 0.3) is 0 Å². The summed E-state index contributed by atoms with van der Waals surface area (Å²) in [4.78, 5) is 18.8. The average molecular weight is 334 g/mol. The van der Waals surface area contributed by atoms with Crippen LogP contribution in [0.15, 0.2) is 18.3 Å².